The zero-order chi connectivity index (χ0) is 19.1. The van der Waals surface area contributed by atoms with E-state index in [1.54, 1.807) is 24.3 Å². The molecule has 0 fully saturated rings. The Morgan fingerprint density at radius 1 is 1.00 bits per heavy atom. The lowest BCUT2D eigenvalue weighted by atomic mass is 10.1. The number of halogens is 1. The molecule has 1 N–H and O–H groups in total. The number of carbonyl (C=O) groups excluding carboxylic acids is 1. The summed E-state index contributed by atoms with van der Waals surface area (Å²) in [6, 6.07) is 14.3. The number of aryl methyl sites for hydroxylation is 2. The van der Waals surface area contributed by atoms with Gasteiger partial charge >= 0.3 is 0 Å². The summed E-state index contributed by atoms with van der Waals surface area (Å²) >= 11 is 0. The highest BCUT2D eigenvalue weighted by atomic mass is 19.1. The van der Waals surface area contributed by atoms with Gasteiger partial charge in [0.25, 0.3) is 5.91 Å². The Bertz CT molecular complexity index is 1270. The van der Waals surface area contributed by atoms with Crippen LogP contribution in [-0.4, -0.2) is 5.91 Å². The van der Waals surface area contributed by atoms with Crippen LogP contribution in [-0.2, 0) is 0 Å². The topological polar surface area (TPSA) is 59.3 Å². The highest BCUT2D eigenvalue weighted by Gasteiger charge is 2.14. The van der Waals surface area contributed by atoms with Crippen LogP contribution in [0.3, 0.4) is 0 Å². The molecule has 4 rings (SSSR count). The molecular formula is C22H16FNO3. The third-order valence-corrected chi connectivity index (χ3v) is 4.48. The molecule has 1 aromatic heterocycles. The SMILES string of the molecule is Cc1cc(C)c2oc3cc(NC(=O)c4ccccc4F)ccc3c(=O)c2c1. The zero-order valence-corrected chi connectivity index (χ0v) is 14.8. The molecule has 0 aliphatic rings. The zero-order valence-electron chi connectivity index (χ0n) is 14.8. The molecule has 4 nitrogen and oxygen atoms in total. The lowest BCUT2D eigenvalue weighted by Gasteiger charge is -2.09. The van der Waals surface area contributed by atoms with E-state index < -0.39 is 11.7 Å². The molecule has 3 aromatic carbocycles. The molecule has 0 bridgehead atoms. The van der Waals surface area contributed by atoms with Crippen LogP contribution in [0.1, 0.15) is 21.5 Å². The predicted octanol–water partition coefficient (Wildman–Crippen LogP) is 4.95. The molecule has 1 heterocycles. The number of fused-ring (bicyclic) bond motifs is 2. The summed E-state index contributed by atoms with van der Waals surface area (Å²) in [7, 11) is 0. The minimum absolute atomic E-state index is 0.0520. The summed E-state index contributed by atoms with van der Waals surface area (Å²) in [6.45, 7) is 3.81. The van der Waals surface area contributed by atoms with Crippen LogP contribution < -0.4 is 10.7 Å². The maximum absolute atomic E-state index is 13.8. The van der Waals surface area contributed by atoms with Crippen molar-refractivity contribution in [3.05, 3.63) is 87.3 Å². The second-order valence-electron chi connectivity index (χ2n) is 6.53. The number of carbonyl (C=O) groups is 1. The van der Waals surface area contributed by atoms with Crippen LogP contribution in [0.15, 0.2) is 63.8 Å². The van der Waals surface area contributed by atoms with Gasteiger partial charge < -0.3 is 9.73 Å². The Labute approximate surface area is 154 Å². The minimum atomic E-state index is -0.598. The fourth-order valence-corrected chi connectivity index (χ4v) is 3.23. The van der Waals surface area contributed by atoms with Crippen molar-refractivity contribution < 1.29 is 13.6 Å². The van der Waals surface area contributed by atoms with Gasteiger partial charge in [0.2, 0.25) is 5.43 Å². The van der Waals surface area contributed by atoms with Crippen molar-refractivity contribution in [1.82, 2.24) is 0 Å². The average Bonchev–Trinajstić information content (AvgIpc) is 2.63. The van der Waals surface area contributed by atoms with E-state index in [4.69, 9.17) is 4.42 Å². The lowest BCUT2D eigenvalue weighted by molar-refractivity contribution is 0.102. The van der Waals surface area contributed by atoms with Crippen LogP contribution in [0.4, 0.5) is 10.1 Å². The van der Waals surface area contributed by atoms with Gasteiger partial charge in [-0.05, 0) is 55.3 Å². The first kappa shape index (κ1) is 17.0. The summed E-state index contributed by atoms with van der Waals surface area (Å²) in [4.78, 5) is 25.1. The largest absolute Gasteiger partial charge is 0.455 e. The van der Waals surface area contributed by atoms with E-state index in [1.165, 1.54) is 18.2 Å². The molecule has 0 aliphatic heterocycles. The third kappa shape index (κ3) is 2.97. The molecule has 1 amide bonds. The Morgan fingerprint density at radius 3 is 2.56 bits per heavy atom. The van der Waals surface area contributed by atoms with E-state index in [-0.39, 0.29) is 11.0 Å². The molecule has 0 unspecified atom stereocenters. The summed E-state index contributed by atoms with van der Waals surface area (Å²) in [5.74, 6) is -1.17. The van der Waals surface area contributed by atoms with E-state index in [0.29, 0.717) is 27.6 Å². The van der Waals surface area contributed by atoms with Crippen molar-refractivity contribution in [3.63, 3.8) is 0 Å². The van der Waals surface area contributed by atoms with Gasteiger partial charge in [0.15, 0.2) is 0 Å². The van der Waals surface area contributed by atoms with E-state index >= 15 is 0 Å². The van der Waals surface area contributed by atoms with Gasteiger partial charge in [-0.3, -0.25) is 9.59 Å². The van der Waals surface area contributed by atoms with Crippen molar-refractivity contribution in [3.8, 4) is 0 Å². The van der Waals surface area contributed by atoms with Gasteiger partial charge in [-0.15, -0.1) is 0 Å². The van der Waals surface area contributed by atoms with E-state index in [9.17, 15) is 14.0 Å². The number of anilines is 1. The minimum Gasteiger partial charge on any atom is -0.455 e. The van der Waals surface area contributed by atoms with Crippen LogP contribution in [0.2, 0.25) is 0 Å². The molecule has 0 radical (unpaired) electrons. The van der Waals surface area contributed by atoms with Crippen LogP contribution in [0.5, 0.6) is 0 Å². The molecule has 0 saturated heterocycles. The predicted molar refractivity (Wildman–Crippen MR) is 104 cm³/mol. The van der Waals surface area contributed by atoms with Gasteiger partial charge in [0.1, 0.15) is 17.0 Å². The summed E-state index contributed by atoms with van der Waals surface area (Å²) in [5, 5.41) is 3.60. The number of benzene rings is 3. The van der Waals surface area contributed by atoms with Gasteiger partial charge in [0.05, 0.1) is 16.3 Å². The highest BCUT2D eigenvalue weighted by molar-refractivity contribution is 6.05. The average molecular weight is 361 g/mol. The molecule has 27 heavy (non-hydrogen) atoms. The monoisotopic (exact) mass is 361 g/mol. The summed E-state index contributed by atoms with van der Waals surface area (Å²) < 4.78 is 19.7. The quantitative estimate of drug-likeness (QED) is 0.514. The molecule has 0 saturated carbocycles. The standard InChI is InChI=1S/C22H16FNO3/c1-12-9-13(2)21-17(10-12)20(25)16-8-7-14(11-19(16)27-21)24-22(26)15-5-3-4-6-18(15)23/h3-11H,1-2H3,(H,24,26). The summed E-state index contributed by atoms with van der Waals surface area (Å²) in [6.07, 6.45) is 0. The van der Waals surface area contributed by atoms with Gasteiger partial charge in [-0.1, -0.05) is 18.2 Å². The number of hydrogen-bond acceptors (Lipinski definition) is 3. The Kier molecular flexibility index (Phi) is 4.00. The van der Waals surface area contributed by atoms with Gasteiger partial charge in [-0.25, -0.2) is 4.39 Å². The number of nitrogens with one attached hydrogen (secondary N) is 1. The molecule has 0 atom stereocenters. The highest BCUT2D eigenvalue weighted by Crippen LogP contribution is 2.25. The second-order valence-corrected chi connectivity index (χ2v) is 6.53. The first-order valence-corrected chi connectivity index (χ1v) is 8.48. The van der Waals surface area contributed by atoms with E-state index in [1.807, 2.05) is 26.0 Å². The first-order valence-electron chi connectivity index (χ1n) is 8.48. The van der Waals surface area contributed by atoms with Crippen LogP contribution in [0.25, 0.3) is 21.9 Å². The third-order valence-electron chi connectivity index (χ3n) is 4.48. The fourth-order valence-electron chi connectivity index (χ4n) is 3.23. The van der Waals surface area contributed by atoms with Crippen molar-refractivity contribution in [2.45, 2.75) is 13.8 Å². The molecular weight excluding hydrogens is 345 g/mol. The van der Waals surface area contributed by atoms with Crippen molar-refractivity contribution >= 4 is 33.5 Å². The van der Waals surface area contributed by atoms with E-state index in [0.717, 1.165) is 11.1 Å². The van der Waals surface area contributed by atoms with Crippen molar-refractivity contribution in [2.75, 3.05) is 5.32 Å². The summed E-state index contributed by atoms with van der Waals surface area (Å²) in [5.41, 5.74) is 2.99. The molecule has 4 aromatic rings. The Balaban J connectivity index is 1.81. The van der Waals surface area contributed by atoms with Crippen LogP contribution >= 0.6 is 0 Å². The first-order chi connectivity index (χ1) is 12.9. The Morgan fingerprint density at radius 2 is 1.78 bits per heavy atom. The fraction of sp³-hybridized carbons (Fsp3) is 0.0909. The Hall–Kier alpha value is -3.47. The molecule has 5 heteroatoms. The van der Waals surface area contributed by atoms with Crippen molar-refractivity contribution in [1.29, 1.82) is 0 Å². The smallest absolute Gasteiger partial charge is 0.258 e. The lowest BCUT2D eigenvalue weighted by Crippen LogP contribution is -2.13. The number of rotatable bonds is 2. The maximum atomic E-state index is 13.8. The maximum Gasteiger partial charge on any atom is 0.258 e. The van der Waals surface area contributed by atoms with Crippen LogP contribution in [0, 0.1) is 19.7 Å². The molecule has 0 spiro atoms. The van der Waals surface area contributed by atoms with Gasteiger partial charge in [0, 0.05) is 11.8 Å². The normalized spacial score (nSPS) is 11.1. The molecule has 134 valence electrons. The molecule has 0 aliphatic carbocycles. The number of hydrogen-bond donors (Lipinski definition) is 1. The van der Waals surface area contributed by atoms with Gasteiger partial charge in [-0.2, -0.15) is 0 Å². The van der Waals surface area contributed by atoms with E-state index in [2.05, 4.69) is 5.32 Å². The second kappa shape index (κ2) is 6.36. The number of amides is 1. The van der Waals surface area contributed by atoms with Crippen molar-refractivity contribution in [2.24, 2.45) is 0 Å².